The first-order valence-electron chi connectivity index (χ1n) is 7.92. The first kappa shape index (κ1) is 15.8. The van der Waals surface area contributed by atoms with Crippen molar-refractivity contribution in [2.75, 3.05) is 6.61 Å². The standard InChI is InChI=1S/C17H26N2O2/c1-3-5-13(2)19-17(20)12-21-16-7-4-6-14(10-16)11-18-15-8-9-15/h4,6-7,10,13,15,18H,3,5,8-9,11-12H2,1-2H3,(H,19,20). The highest BCUT2D eigenvalue weighted by Gasteiger charge is 2.19. The van der Waals surface area contributed by atoms with Crippen LogP contribution in [-0.4, -0.2) is 24.6 Å². The molecule has 4 nitrogen and oxygen atoms in total. The van der Waals surface area contributed by atoms with Gasteiger partial charge in [-0.25, -0.2) is 0 Å². The number of carbonyl (C=O) groups is 1. The molecule has 1 aromatic carbocycles. The molecule has 0 heterocycles. The zero-order valence-corrected chi connectivity index (χ0v) is 13.0. The lowest BCUT2D eigenvalue weighted by Gasteiger charge is -2.13. The number of hydrogen-bond donors (Lipinski definition) is 2. The number of nitrogens with one attached hydrogen (secondary N) is 2. The van der Waals surface area contributed by atoms with Crippen molar-refractivity contribution in [1.29, 1.82) is 0 Å². The first-order valence-corrected chi connectivity index (χ1v) is 7.92. The predicted octanol–water partition coefficient (Wildman–Crippen LogP) is 2.62. The minimum absolute atomic E-state index is 0.0579. The largest absolute Gasteiger partial charge is 0.484 e. The molecule has 1 aliphatic carbocycles. The van der Waals surface area contributed by atoms with E-state index in [1.165, 1.54) is 18.4 Å². The van der Waals surface area contributed by atoms with E-state index in [-0.39, 0.29) is 18.6 Å². The van der Waals surface area contributed by atoms with Crippen LogP contribution in [0, 0.1) is 0 Å². The van der Waals surface area contributed by atoms with Crippen LogP contribution in [0.15, 0.2) is 24.3 Å². The van der Waals surface area contributed by atoms with Gasteiger partial charge in [0.05, 0.1) is 0 Å². The van der Waals surface area contributed by atoms with E-state index in [9.17, 15) is 4.79 Å². The zero-order valence-electron chi connectivity index (χ0n) is 13.0. The SMILES string of the molecule is CCCC(C)NC(=O)COc1cccc(CNC2CC2)c1. The molecule has 2 rings (SSSR count). The molecule has 0 aliphatic heterocycles. The second kappa shape index (κ2) is 8.03. The van der Waals surface area contributed by atoms with E-state index in [1.807, 2.05) is 25.1 Å². The maximum absolute atomic E-state index is 11.8. The van der Waals surface area contributed by atoms with E-state index in [1.54, 1.807) is 0 Å². The van der Waals surface area contributed by atoms with Gasteiger partial charge in [-0.15, -0.1) is 0 Å². The average Bonchev–Trinajstić information content (AvgIpc) is 3.28. The van der Waals surface area contributed by atoms with E-state index in [0.29, 0.717) is 6.04 Å². The number of rotatable bonds is 9. The van der Waals surface area contributed by atoms with Crippen molar-refractivity contribution < 1.29 is 9.53 Å². The molecule has 1 saturated carbocycles. The van der Waals surface area contributed by atoms with Crippen molar-refractivity contribution in [2.45, 2.75) is 58.2 Å². The molecule has 116 valence electrons. The number of ether oxygens (including phenoxy) is 1. The van der Waals surface area contributed by atoms with Gasteiger partial charge in [-0.3, -0.25) is 4.79 Å². The Morgan fingerprint density at radius 1 is 1.43 bits per heavy atom. The Balaban J connectivity index is 1.73. The van der Waals surface area contributed by atoms with E-state index >= 15 is 0 Å². The summed E-state index contributed by atoms with van der Waals surface area (Å²) in [7, 11) is 0. The Hall–Kier alpha value is -1.55. The van der Waals surface area contributed by atoms with Crippen molar-refractivity contribution in [2.24, 2.45) is 0 Å². The third-order valence-electron chi connectivity index (χ3n) is 3.57. The summed E-state index contributed by atoms with van der Waals surface area (Å²) in [4.78, 5) is 11.8. The van der Waals surface area contributed by atoms with Crippen LogP contribution < -0.4 is 15.4 Å². The summed E-state index contributed by atoms with van der Waals surface area (Å²) in [5.74, 6) is 0.695. The third kappa shape index (κ3) is 6.17. The van der Waals surface area contributed by atoms with Gasteiger partial charge in [0.15, 0.2) is 6.61 Å². The summed E-state index contributed by atoms with van der Waals surface area (Å²) in [6.07, 6.45) is 4.63. The fourth-order valence-electron chi connectivity index (χ4n) is 2.27. The van der Waals surface area contributed by atoms with Crippen LogP contribution in [0.5, 0.6) is 5.75 Å². The minimum atomic E-state index is -0.0579. The van der Waals surface area contributed by atoms with Gasteiger partial charge < -0.3 is 15.4 Å². The monoisotopic (exact) mass is 290 g/mol. The summed E-state index contributed by atoms with van der Waals surface area (Å²) in [6.45, 7) is 5.07. The summed E-state index contributed by atoms with van der Waals surface area (Å²) < 4.78 is 5.57. The molecule has 0 bridgehead atoms. The Morgan fingerprint density at radius 2 is 2.24 bits per heavy atom. The van der Waals surface area contributed by atoms with Crippen LogP contribution >= 0.6 is 0 Å². The van der Waals surface area contributed by atoms with Crippen molar-refractivity contribution in [3.05, 3.63) is 29.8 Å². The lowest BCUT2D eigenvalue weighted by molar-refractivity contribution is -0.123. The molecule has 1 aliphatic rings. The van der Waals surface area contributed by atoms with Crippen LogP contribution in [0.4, 0.5) is 0 Å². The van der Waals surface area contributed by atoms with Crippen LogP contribution in [-0.2, 0) is 11.3 Å². The molecule has 4 heteroatoms. The van der Waals surface area contributed by atoms with Gasteiger partial charge in [-0.1, -0.05) is 25.5 Å². The maximum atomic E-state index is 11.8. The summed E-state index contributed by atoms with van der Waals surface area (Å²) in [5.41, 5.74) is 1.19. The fraction of sp³-hybridized carbons (Fsp3) is 0.588. The molecule has 0 spiro atoms. The van der Waals surface area contributed by atoms with Gasteiger partial charge in [0.25, 0.3) is 5.91 Å². The van der Waals surface area contributed by atoms with Crippen LogP contribution in [0.3, 0.4) is 0 Å². The molecule has 1 fully saturated rings. The Kier molecular flexibility index (Phi) is 6.05. The predicted molar refractivity (Wildman–Crippen MR) is 84.3 cm³/mol. The smallest absolute Gasteiger partial charge is 0.258 e. The Morgan fingerprint density at radius 3 is 2.95 bits per heavy atom. The highest BCUT2D eigenvalue weighted by molar-refractivity contribution is 5.77. The van der Waals surface area contributed by atoms with Crippen molar-refractivity contribution in [3.8, 4) is 5.75 Å². The third-order valence-corrected chi connectivity index (χ3v) is 3.57. The van der Waals surface area contributed by atoms with E-state index in [4.69, 9.17) is 4.74 Å². The van der Waals surface area contributed by atoms with Crippen molar-refractivity contribution in [1.82, 2.24) is 10.6 Å². The zero-order chi connectivity index (χ0) is 15.1. The van der Waals surface area contributed by atoms with Gasteiger partial charge in [-0.2, -0.15) is 0 Å². The second-order valence-electron chi connectivity index (χ2n) is 5.85. The van der Waals surface area contributed by atoms with E-state index in [2.05, 4.69) is 23.6 Å². The lowest BCUT2D eigenvalue weighted by Crippen LogP contribution is -2.35. The number of benzene rings is 1. The van der Waals surface area contributed by atoms with Crippen molar-refractivity contribution in [3.63, 3.8) is 0 Å². The minimum Gasteiger partial charge on any atom is -0.484 e. The summed E-state index contributed by atoms with van der Waals surface area (Å²) in [6, 6.07) is 8.84. The normalized spacial score (nSPS) is 15.5. The highest BCUT2D eigenvalue weighted by Crippen LogP contribution is 2.20. The molecule has 1 aromatic rings. The molecule has 0 radical (unpaired) electrons. The van der Waals surface area contributed by atoms with Gasteiger partial charge in [-0.05, 0) is 43.9 Å². The van der Waals surface area contributed by atoms with E-state index in [0.717, 1.165) is 25.1 Å². The lowest BCUT2D eigenvalue weighted by atomic mass is 10.2. The maximum Gasteiger partial charge on any atom is 0.258 e. The molecular formula is C17H26N2O2. The number of carbonyl (C=O) groups excluding carboxylic acids is 1. The average molecular weight is 290 g/mol. The van der Waals surface area contributed by atoms with Gasteiger partial charge in [0, 0.05) is 18.6 Å². The summed E-state index contributed by atoms with van der Waals surface area (Å²) in [5, 5.41) is 6.41. The Bertz CT molecular complexity index is 458. The molecule has 1 amide bonds. The quantitative estimate of drug-likeness (QED) is 0.735. The summed E-state index contributed by atoms with van der Waals surface area (Å²) >= 11 is 0. The number of hydrogen-bond acceptors (Lipinski definition) is 3. The highest BCUT2D eigenvalue weighted by atomic mass is 16.5. The van der Waals surface area contributed by atoms with Crippen molar-refractivity contribution >= 4 is 5.91 Å². The van der Waals surface area contributed by atoms with Crippen LogP contribution in [0.1, 0.15) is 45.1 Å². The molecule has 21 heavy (non-hydrogen) atoms. The molecule has 1 unspecified atom stereocenters. The van der Waals surface area contributed by atoms with Crippen LogP contribution in [0.25, 0.3) is 0 Å². The first-order chi connectivity index (χ1) is 10.2. The number of amides is 1. The van der Waals surface area contributed by atoms with Gasteiger partial charge in [0.2, 0.25) is 0 Å². The van der Waals surface area contributed by atoms with Crippen LogP contribution in [0.2, 0.25) is 0 Å². The molecule has 0 saturated heterocycles. The van der Waals surface area contributed by atoms with Gasteiger partial charge in [0.1, 0.15) is 5.75 Å². The molecular weight excluding hydrogens is 264 g/mol. The second-order valence-corrected chi connectivity index (χ2v) is 5.85. The van der Waals surface area contributed by atoms with E-state index < -0.39 is 0 Å². The fourth-order valence-corrected chi connectivity index (χ4v) is 2.27. The Labute approximate surface area is 127 Å². The molecule has 0 aromatic heterocycles. The molecule has 1 atom stereocenters. The topological polar surface area (TPSA) is 50.4 Å². The van der Waals surface area contributed by atoms with Gasteiger partial charge >= 0.3 is 0 Å². The molecule has 2 N–H and O–H groups in total.